The Morgan fingerprint density at radius 2 is 2.21 bits per heavy atom. The lowest BCUT2D eigenvalue weighted by atomic mass is 10.0. The predicted octanol–water partition coefficient (Wildman–Crippen LogP) is 4.00. The zero-order chi connectivity index (χ0) is 13.8. The molecule has 0 bridgehead atoms. The van der Waals surface area contributed by atoms with Gasteiger partial charge in [-0.1, -0.05) is 42.1 Å². The number of fused-ring (bicyclic) bond motifs is 1. The zero-order valence-corrected chi connectivity index (χ0v) is 13.1. The van der Waals surface area contributed by atoms with Crippen LogP contribution in [0.15, 0.2) is 22.7 Å². The lowest BCUT2D eigenvalue weighted by Gasteiger charge is -2.18. The van der Waals surface area contributed by atoms with Crippen molar-refractivity contribution in [2.75, 3.05) is 5.32 Å². The molecule has 19 heavy (non-hydrogen) atoms. The van der Waals surface area contributed by atoms with Crippen LogP contribution in [0.1, 0.15) is 51.1 Å². The maximum atomic E-state index is 12.0. The van der Waals surface area contributed by atoms with Crippen LogP contribution in [0.5, 0.6) is 0 Å². The number of benzene rings is 1. The smallest absolute Gasteiger partial charge is 0.246 e. The van der Waals surface area contributed by atoms with Crippen LogP contribution in [-0.4, -0.2) is 11.9 Å². The molecule has 0 saturated carbocycles. The molecule has 0 saturated heterocycles. The van der Waals surface area contributed by atoms with Crippen molar-refractivity contribution in [3.8, 4) is 0 Å². The molecule has 1 aromatic rings. The lowest BCUT2D eigenvalue weighted by molar-refractivity contribution is -0.117. The highest BCUT2D eigenvalue weighted by Crippen LogP contribution is 2.33. The van der Waals surface area contributed by atoms with Crippen molar-refractivity contribution in [2.45, 2.75) is 51.6 Å². The minimum absolute atomic E-state index is 0.0513. The van der Waals surface area contributed by atoms with E-state index in [0.717, 1.165) is 22.1 Å². The minimum Gasteiger partial charge on any atom is -0.324 e. The summed E-state index contributed by atoms with van der Waals surface area (Å²) in [6.45, 7) is 4.36. The Labute approximate surface area is 123 Å². The molecule has 1 aliphatic heterocycles. The fourth-order valence-electron chi connectivity index (χ4n) is 2.47. The minimum atomic E-state index is -0.218. The summed E-state index contributed by atoms with van der Waals surface area (Å²) in [5, 5.41) is 6.36. The number of carbonyl (C=O) groups is 1. The first-order valence-electron chi connectivity index (χ1n) is 6.98. The number of unbranched alkanes of at least 4 members (excludes halogenated alkanes) is 2. The molecule has 3 nitrogen and oxygen atoms in total. The number of amides is 1. The van der Waals surface area contributed by atoms with Gasteiger partial charge in [0, 0.05) is 21.8 Å². The molecule has 2 N–H and O–H groups in total. The molecule has 2 rings (SSSR count). The Kier molecular flexibility index (Phi) is 4.99. The number of halogens is 1. The summed E-state index contributed by atoms with van der Waals surface area (Å²) in [6.07, 6.45) is 4.81. The Morgan fingerprint density at radius 3 is 2.95 bits per heavy atom. The van der Waals surface area contributed by atoms with E-state index < -0.39 is 0 Å². The summed E-state index contributed by atoms with van der Waals surface area (Å²) in [6, 6.07) is 6.05. The van der Waals surface area contributed by atoms with Crippen molar-refractivity contribution in [3.05, 3.63) is 28.2 Å². The molecule has 104 valence electrons. The summed E-state index contributed by atoms with van der Waals surface area (Å²) in [7, 11) is 0. The van der Waals surface area contributed by atoms with Gasteiger partial charge in [-0.2, -0.15) is 0 Å². The molecule has 0 aliphatic carbocycles. The maximum Gasteiger partial charge on any atom is 0.246 e. The number of hydrogen-bond acceptors (Lipinski definition) is 2. The highest BCUT2D eigenvalue weighted by Gasteiger charge is 2.31. The van der Waals surface area contributed by atoms with Crippen LogP contribution in [0.2, 0.25) is 0 Å². The quantitative estimate of drug-likeness (QED) is 0.776. The Bertz CT molecular complexity index is 461. The van der Waals surface area contributed by atoms with Crippen molar-refractivity contribution in [1.82, 2.24) is 5.32 Å². The molecule has 0 spiro atoms. The second-order valence-corrected chi connectivity index (χ2v) is 6.13. The van der Waals surface area contributed by atoms with Gasteiger partial charge in [-0.3, -0.25) is 10.1 Å². The number of nitrogens with one attached hydrogen (secondary N) is 2. The summed E-state index contributed by atoms with van der Waals surface area (Å²) >= 11 is 3.46. The van der Waals surface area contributed by atoms with Gasteiger partial charge in [0.15, 0.2) is 0 Å². The van der Waals surface area contributed by atoms with Crippen molar-refractivity contribution in [2.24, 2.45) is 0 Å². The highest BCUT2D eigenvalue weighted by atomic mass is 79.9. The van der Waals surface area contributed by atoms with Gasteiger partial charge in [-0.25, -0.2) is 0 Å². The van der Waals surface area contributed by atoms with E-state index >= 15 is 0 Å². The van der Waals surface area contributed by atoms with E-state index in [9.17, 15) is 4.79 Å². The number of rotatable bonds is 6. The van der Waals surface area contributed by atoms with Crippen molar-refractivity contribution in [1.29, 1.82) is 0 Å². The maximum absolute atomic E-state index is 12.0. The normalized spacial score (nSPS) is 19.1. The average molecular weight is 325 g/mol. The van der Waals surface area contributed by atoms with E-state index in [1.165, 1.54) is 19.3 Å². The topological polar surface area (TPSA) is 41.1 Å². The third-order valence-electron chi connectivity index (χ3n) is 3.54. The molecule has 1 heterocycles. The van der Waals surface area contributed by atoms with Gasteiger partial charge in [0.1, 0.15) is 6.04 Å². The van der Waals surface area contributed by atoms with Crippen molar-refractivity contribution in [3.63, 3.8) is 0 Å². The Balaban J connectivity index is 2.01. The second kappa shape index (κ2) is 6.53. The zero-order valence-electron chi connectivity index (χ0n) is 11.5. The lowest BCUT2D eigenvalue weighted by Crippen LogP contribution is -2.34. The van der Waals surface area contributed by atoms with Crippen LogP contribution < -0.4 is 10.6 Å². The SMILES string of the molecule is CCCCCC(C)NC1C(=O)Nc2ccc(Br)cc21. The molecular formula is C15H21BrN2O. The molecular weight excluding hydrogens is 304 g/mol. The van der Waals surface area contributed by atoms with Crippen LogP contribution in [0.3, 0.4) is 0 Å². The van der Waals surface area contributed by atoms with Gasteiger partial charge >= 0.3 is 0 Å². The van der Waals surface area contributed by atoms with E-state index in [-0.39, 0.29) is 11.9 Å². The molecule has 1 amide bonds. The number of carbonyl (C=O) groups excluding carboxylic acids is 1. The monoisotopic (exact) mass is 324 g/mol. The van der Waals surface area contributed by atoms with Gasteiger partial charge in [0.25, 0.3) is 0 Å². The second-order valence-electron chi connectivity index (χ2n) is 5.22. The van der Waals surface area contributed by atoms with E-state index in [2.05, 4.69) is 40.4 Å². The van der Waals surface area contributed by atoms with Crippen LogP contribution in [0.4, 0.5) is 5.69 Å². The molecule has 2 atom stereocenters. The third kappa shape index (κ3) is 3.57. The summed E-state index contributed by atoms with van der Waals surface area (Å²) in [4.78, 5) is 12.0. The Hall–Kier alpha value is -0.870. The largest absolute Gasteiger partial charge is 0.324 e. The molecule has 0 aromatic heterocycles. The van der Waals surface area contributed by atoms with E-state index in [1.54, 1.807) is 0 Å². The van der Waals surface area contributed by atoms with Gasteiger partial charge < -0.3 is 5.32 Å². The standard InChI is InChI=1S/C15H21BrN2O/c1-3-4-5-6-10(2)17-14-12-9-11(16)7-8-13(12)18-15(14)19/h7-10,14,17H,3-6H2,1-2H3,(H,18,19). The van der Waals surface area contributed by atoms with Crippen LogP contribution in [-0.2, 0) is 4.79 Å². The van der Waals surface area contributed by atoms with Gasteiger partial charge in [-0.15, -0.1) is 0 Å². The average Bonchev–Trinajstić information content (AvgIpc) is 2.66. The van der Waals surface area contributed by atoms with Gasteiger partial charge in [0.2, 0.25) is 5.91 Å². The first-order chi connectivity index (χ1) is 9.11. The molecule has 4 heteroatoms. The molecule has 1 aliphatic rings. The van der Waals surface area contributed by atoms with Crippen LogP contribution in [0, 0.1) is 0 Å². The summed E-state index contributed by atoms with van der Waals surface area (Å²) in [5.74, 6) is 0.0513. The number of hydrogen-bond donors (Lipinski definition) is 2. The fraction of sp³-hybridized carbons (Fsp3) is 0.533. The molecule has 0 fully saturated rings. The van der Waals surface area contributed by atoms with E-state index in [1.807, 2.05) is 18.2 Å². The van der Waals surface area contributed by atoms with E-state index in [0.29, 0.717) is 6.04 Å². The molecule has 0 radical (unpaired) electrons. The van der Waals surface area contributed by atoms with Crippen LogP contribution in [0.25, 0.3) is 0 Å². The van der Waals surface area contributed by atoms with Crippen molar-refractivity contribution >= 4 is 27.5 Å². The predicted molar refractivity (Wildman–Crippen MR) is 82.3 cm³/mol. The van der Waals surface area contributed by atoms with Crippen molar-refractivity contribution < 1.29 is 4.79 Å². The number of anilines is 1. The first kappa shape index (κ1) is 14.5. The third-order valence-corrected chi connectivity index (χ3v) is 4.03. The van der Waals surface area contributed by atoms with Gasteiger partial charge in [0.05, 0.1) is 0 Å². The summed E-state index contributed by atoms with van der Waals surface area (Å²) < 4.78 is 1.01. The van der Waals surface area contributed by atoms with Crippen LogP contribution >= 0.6 is 15.9 Å². The Morgan fingerprint density at radius 1 is 1.42 bits per heavy atom. The molecule has 2 unspecified atom stereocenters. The molecule has 1 aromatic carbocycles. The first-order valence-corrected chi connectivity index (χ1v) is 7.77. The highest BCUT2D eigenvalue weighted by molar-refractivity contribution is 9.10. The van der Waals surface area contributed by atoms with Gasteiger partial charge in [-0.05, 0) is 31.5 Å². The van der Waals surface area contributed by atoms with E-state index in [4.69, 9.17) is 0 Å². The fourth-order valence-corrected chi connectivity index (χ4v) is 2.85. The summed E-state index contributed by atoms with van der Waals surface area (Å²) in [5.41, 5.74) is 1.97.